The topological polar surface area (TPSA) is 55.2 Å². The van der Waals surface area contributed by atoms with Crippen molar-refractivity contribution in [2.75, 3.05) is 0 Å². The molecule has 1 aromatic heterocycles. The van der Waals surface area contributed by atoms with Crippen molar-refractivity contribution >= 4 is 44.9 Å². The molecule has 1 saturated heterocycles. The van der Waals surface area contributed by atoms with E-state index >= 15 is 0 Å². The number of rotatable bonds is 5. The normalized spacial score (nSPS) is 14.9. The monoisotopic (exact) mass is 515 g/mol. The number of amides is 2. The molecule has 4 aromatic rings. The second-order valence-corrected chi connectivity index (χ2v) is 9.39. The van der Waals surface area contributed by atoms with Gasteiger partial charge in [-0.15, -0.1) is 0 Å². The SMILES string of the molecule is O=C1S/C(=C\c2cn(-c3ccccc3)nc2-c2ccccc2)C(=O)N1Cc1cccc(Br)c1. The Morgan fingerprint density at radius 3 is 2.36 bits per heavy atom. The van der Waals surface area contributed by atoms with Gasteiger partial charge in [-0.3, -0.25) is 14.5 Å². The van der Waals surface area contributed by atoms with Gasteiger partial charge in [-0.2, -0.15) is 5.10 Å². The molecule has 1 aliphatic heterocycles. The van der Waals surface area contributed by atoms with Crippen molar-refractivity contribution in [2.45, 2.75) is 6.54 Å². The fourth-order valence-electron chi connectivity index (χ4n) is 3.62. The lowest BCUT2D eigenvalue weighted by Crippen LogP contribution is -2.27. The number of carbonyl (C=O) groups excluding carboxylic acids is 2. The van der Waals surface area contributed by atoms with E-state index in [0.29, 0.717) is 4.91 Å². The van der Waals surface area contributed by atoms with Crippen LogP contribution in [0.15, 0.2) is 101 Å². The van der Waals surface area contributed by atoms with Crippen molar-refractivity contribution in [3.05, 3.63) is 112 Å². The summed E-state index contributed by atoms with van der Waals surface area (Å²) < 4.78 is 2.70. The molecule has 0 radical (unpaired) electrons. The van der Waals surface area contributed by atoms with Crippen LogP contribution in [0.2, 0.25) is 0 Å². The van der Waals surface area contributed by atoms with Gasteiger partial charge >= 0.3 is 0 Å². The van der Waals surface area contributed by atoms with E-state index in [4.69, 9.17) is 5.10 Å². The van der Waals surface area contributed by atoms with Gasteiger partial charge in [0.2, 0.25) is 0 Å². The van der Waals surface area contributed by atoms with Gasteiger partial charge < -0.3 is 0 Å². The lowest BCUT2D eigenvalue weighted by atomic mass is 10.1. The Bertz CT molecular complexity index is 1370. The summed E-state index contributed by atoms with van der Waals surface area (Å²) in [6, 6.07) is 27.2. The highest BCUT2D eigenvalue weighted by molar-refractivity contribution is 9.10. The summed E-state index contributed by atoms with van der Waals surface area (Å²) in [7, 11) is 0. The molecule has 2 heterocycles. The number of nitrogens with zero attached hydrogens (tertiary/aromatic N) is 3. The Balaban J connectivity index is 1.51. The van der Waals surface area contributed by atoms with E-state index in [1.54, 1.807) is 10.8 Å². The molecule has 0 N–H and O–H groups in total. The summed E-state index contributed by atoms with van der Waals surface area (Å²) in [5.74, 6) is -0.295. The van der Waals surface area contributed by atoms with Gasteiger partial charge in [0.25, 0.3) is 11.1 Å². The molecule has 1 aliphatic rings. The molecule has 1 fully saturated rings. The number of benzene rings is 3. The molecular weight excluding hydrogens is 498 g/mol. The highest BCUT2D eigenvalue weighted by atomic mass is 79.9. The third kappa shape index (κ3) is 4.55. The number of carbonyl (C=O) groups is 2. The van der Waals surface area contributed by atoms with E-state index in [1.165, 1.54) is 4.90 Å². The van der Waals surface area contributed by atoms with Crippen molar-refractivity contribution in [1.82, 2.24) is 14.7 Å². The van der Waals surface area contributed by atoms with E-state index in [9.17, 15) is 9.59 Å². The molecule has 2 amide bonds. The van der Waals surface area contributed by atoms with Gasteiger partial charge in [-0.05, 0) is 47.7 Å². The van der Waals surface area contributed by atoms with Crippen molar-refractivity contribution in [3.63, 3.8) is 0 Å². The number of thioether (sulfide) groups is 1. The van der Waals surface area contributed by atoms with Crippen LogP contribution in [-0.2, 0) is 11.3 Å². The smallest absolute Gasteiger partial charge is 0.268 e. The lowest BCUT2D eigenvalue weighted by molar-refractivity contribution is -0.123. The van der Waals surface area contributed by atoms with E-state index < -0.39 is 0 Å². The van der Waals surface area contributed by atoms with Crippen LogP contribution in [0.4, 0.5) is 4.79 Å². The highest BCUT2D eigenvalue weighted by Crippen LogP contribution is 2.35. The van der Waals surface area contributed by atoms with Crippen LogP contribution in [-0.4, -0.2) is 25.8 Å². The molecule has 0 atom stereocenters. The third-order valence-electron chi connectivity index (χ3n) is 5.20. The molecule has 162 valence electrons. The summed E-state index contributed by atoms with van der Waals surface area (Å²) in [4.78, 5) is 27.4. The number of halogens is 1. The zero-order valence-corrected chi connectivity index (χ0v) is 19.8. The van der Waals surface area contributed by atoms with Gasteiger partial charge in [-0.25, -0.2) is 4.68 Å². The maximum atomic E-state index is 13.1. The number of aromatic nitrogens is 2. The molecule has 33 heavy (non-hydrogen) atoms. The van der Waals surface area contributed by atoms with Gasteiger partial charge in [0.15, 0.2) is 0 Å². The highest BCUT2D eigenvalue weighted by Gasteiger charge is 2.35. The van der Waals surface area contributed by atoms with Gasteiger partial charge in [-0.1, -0.05) is 76.6 Å². The second-order valence-electron chi connectivity index (χ2n) is 7.48. The van der Waals surface area contributed by atoms with E-state index in [2.05, 4.69) is 15.9 Å². The summed E-state index contributed by atoms with van der Waals surface area (Å²) in [6.07, 6.45) is 3.65. The average Bonchev–Trinajstić information content (AvgIpc) is 3.37. The molecule has 0 saturated carbocycles. The predicted molar refractivity (Wildman–Crippen MR) is 135 cm³/mol. The average molecular weight is 516 g/mol. The predicted octanol–water partition coefficient (Wildman–Crippen LogP) is 6.54. The molecular formula is C26H18BrN3O2S. The first kappa shape index (κ1) is 21.4. The van der Waals surface area contributed by atoms with E-state index in [1.807, 2.05) is 91.1 Å². The largest absolute Gasteiger partial charge is 0.293 e. The Kier molecular flexibility index (Phi) is 5.98. The first-order valence-corrected chi connectivity index (χ1v) is 11.9. The van der Waals surface area contributed by atoms with Crippen LogP contribution >= 0.6 is 27.7 Å². The maximum Gasteiger partial charge on any atom is 0.293 e. The second kappa shape index (κ2) is 9.21. The van der Waals surface area contributed by atoms with Crippen LogP contribution in [0, 0.1) is 0 Å². The van der Waals surface area contributed by atoms with Gasteiger partial charge in [0.1, 0.15) is 0 Å². The van der Waals surface area contributed by atoms with Gasteiger partial charge in [0, 0.05) is 21.8 Å². The number of hydrogen-bond acceptors (Lipinski definition) is 4. The van der Waals surface area contributed by atoms with Crippen LogP contribution in [0.3, 0.4) is 0 Å². The molecule has 0 unspecified atom stereocenters. The summed E-state index contributed by atoms with van der Waals surface area (Å²) >= 11 is 4.39. The molecule has 5 rings (SSSR count). The Hall–Kier alpha value is -3.42. The minimum absolute atomic E-state index is 0.232. The Labute approximate surface area is 203 Å². The fourth-order valence-corrected chi connectivity index (χ4v) is 4.90. The number of imide groups is 1. The van der Waals surface area contributed by atoms with Crippen molar-refractivity contribution in [1.29, 1.82) is 0 Å². The number of para-hydroxylation sites is 1. The fraction of sp³-hybridized carbons (Fsp3) is 0.0385. The Morgan fingerprint density at radius 1 is 0.909 bits per heavy atom. The van der Waals surface area contributed by atoms with Crippen molar-refractivity contribution in [3.8, 4) is 16.9 Å². The molecule has 0 spiro atoms. The van der Waals surface area contributed by atoms with E-state index in [-0.39, 0.29) is 17.7 Å². The van der Waals surface area contributed by atoms with Crippen LogP contribution in [0.25, 0.3) is 23.0 Å². The first-order chi connectivity index (χ1) is 16.1. The van der Waals surface area contributed by atoms with Crippen molar-refractivity contribution in [2.24, 2.45) is 0 Å². The molecule has 5 nitrogen and oxygen atoms in total. The standard InChI is InChI=1S/C26H18BrN3O2S/c27-21-11-7-8-18(14-21)16-29-25(31)23(33-26(29)32)15-20-17-30(22-12-5-2-6-13-22)28-24(20)19-9-3-1-4-10-19/h1-15,17H,16H2/b23-15-. The molecule has 0 bridgehead atoms. The zero-order chi connectivity index (χ0) is 22.8. The maximum absolute atomic E-state index is 13.1. The Morgan fingerprint density at radius 2 is 1.64 bits per heavy atom. The van der Waals surface area contributed by atoms with Crippen LogP contribution < -0.4 is 0 Å². The minimum atomic E-state index is -0.295. The summed E-state index contributed by atoms with van der Waals surface area (Å²) in [5.41, 5.74) is 4.26. The van der Waals surface area contributed by atoms with Gasteiger partial charge in [0.05, 0.1) is 22.8 Å². The summed E-state index contributed by atoms with van der Waals surface area (Å²) in [5, 5.41) is 4.51. The zero-order valence-electron chi connectivity index (χ0n) is 17.4. The van der Waals surface area contributed by atoms with Crippen LogP contribution in [0.5, 0.6) is 0 Å². The number of hydrogen-bond donors (Lipinski definition) is 0. The third-order valence-corrected chi connectivity index (χ3v) is 6.60. The van der Waals surface area contributed by atoms with E-state index in [0.717, 1.165) is 44.3 Å². The molecule has 3 aromatic carbocycles. The minimum Gasteiger partial charge on any atom is -0.268 e. The van der Waals surface area contributed by atoms with Crippen LogP contribution in [0.1, 0.15) is 11.1 Å². The lowest BCUT2D eigenvalue weighted by Gasteiger charge is -2.12. The first-order valence-electron chi connectivity index (χ1n) is 10.3. The quantitative estimate of drug-likeness (QED) is 0.283. The molecule has 7 heteroatoms. The molecule has 0 aliphatic carbocycles. The summed E-state index contributed by atoms with van der Waals surface area (Å²) in [6.45, 7) is 0.232. The van der Waals surface area contributed by atoms with Crippen molar-refractivity contribution < 1.29 is 9.59 Å².